The molecule has 26 heavy (non-hydrogen) atoms. The van der Waals surface area contributed by atoms with Crippen molar-refractivity contribution in [2.24, 2.45) is 7.05 Å². The summed E-state index contributed by atoms with van der Waals surface area (Å²) in [6, 6.07) is 3.82. The zero-order valence-corrected chi connectivity index (χ0v) is 17.8. The highest BCUT2D eigenvalue weighted by molar-refractivity contribution is 6.36. The summed E-state index contributed by atoms with van der Waals surface area (Å²) in [7, 11) is 2.10. The molecule has 0 spiro atoms. The van der Waals surface area contributed by atoms with Crippen LogP contribution in [0.4, 0.5) is 11.5 Å². The quantitative estimate of drug-likeness (QED) is 0.537. The van der Waals surface area contributed by atoms with Gasteiger partial charge in [-0.3, -0.25) is 4.68 Å². The fraction of sp³-hybridized carbons (Fsp3) is 0.571. The zero-order chi connectivity index (χ0) is 18.8. The molecule has 1 aromatic carbocycles. The average molecular weight is 394 g/mol. The Morgan fingerprint density at radius 3 is 2.46 bits per heavy atom. The number of hydrogen-bond acceptors (Lipinski definition) is 2. The van der Waals surface area contributed by atoms with Crippen molar-refractivity contribution < 1.29 is 0 Å². The predicted octanol–water partition coefficient (Wildman–Crippen LogP) is 6.80. The summed E-state index contributed by atoms with van der Waals surface area (Å²) in [5, 5.41) is 6.33. The van der Waals surface area contributed by atoms with E-state index < -0.39 is 0 Å². The Morgan fingerprint density at radius 2 is 1.85 bits per heavy atom. The lowest BCUT2D eigenvalue weighted by atomic mass is 9.89. The fourth-order valence-corrected chi connectivity index (χ4v) is 5.12. The summed E-state index contributed by atoms with van der Waals surface area (Å²) in [4.78, 5) is 2.30. The molecule has 0 unspecified atom stereocenters. The molecule has 0 aliphatic carbocycles. The molecule has 1 aliphatic rings. The lowest BCUT2D eigenvalue weighted by Crippen LogP contribution is -2.26. The third-order valence-corrected chi connectivity index (χ3v) is 5.89. The van der Waals surface area contributed by atoms with Crippen LogP contribution in [-0.4, -0.2) is 16.3 Å². The molecule has 2 aromatic rings. The molecule has 0 radical (unpaired) electrons. The first-order chi connectivity index (χ1) is 12.5. The van der Waals surface area contributed by atoms with Gasteiger partial charge in [0.1, 0.15) is 0 Å². The van der Waals surface area contributed by atoms with Crippen molar-refractivity contribution in [2.75, 3.05) is 11.4 Å². The third-order valence-electron chi connectivity index (χ3n) is 5.39. The summed E-state index contributed by atoms with van der Waals surface area (Å²) in [6.07, 6.45) is 7.08. The van der Waals surface area contributed by atoms with Crippen LogP contribution < -0.4 is 4.90 Å². The average Bonchev–Trinajstić information content (AvgIpc) is 2.90. The molecule has 5 heteroatoms. The Bertz CT molecular complexity index is 753. The van der Waals surface area contributed by atoms with Crippen molar-refractivity contribution in [1.29, 1.82) is 0 Å². The number of hydrogen-bond donors (Lipinski definition) is 0. The van der Waals surface area contributed by atoms with Crippen molar-refractivity contribution in [3.05, 3.63) is 39.0 Å². The van der Waals surface area contributed by atoms with Crippen LogP contribution in [0.1, 0.15) is 68.7 Å². The minimum Gasteiger partial charge on any atom is -0.323 e. The Kier molecular flexibility index (Phi) is 6.19. The minimum atomic E-state index is 0.591. The van der Waals surface area contributed by atoms with Crippen molar-refractivity contribution in [3.8, 4) is 0 Å². The summed E-state index contributed by atoms with van der Waals surface area (Å²) >= 11 is 12.8. The van der Waals surface area contributed by atoms with E-state index in [1.807, 2.05) is 12.1 Å². The van der Waals surface area contributed by atoms with Gasteiger partial charge in [-0.25, -0.2) is 0 Å². The molecule has 3 nitrogen and oxygen atoms in total. The van der Waals surface area contributed by atoms with Crippen molar-refractivity contribution in [1.82, 2.24) is 9.78 Å². The van der Waals surface area contributed by atoms with Crippen molar-refractivity contribution >= 4 is 34.7 Å². The first-order valence-corrected chi connectivity index (χ1v) is 10.5. The second kappa shape index (κ2) is 8.22. The predicted molar refractivity (Wildman–Crippen MR) is 112 cm³/mol. The Hall–Kier alpha value is -1.19. The molecular formula is C21H29Cl2N3. The summed E-state index contributed by atoms with van der Waals surface area (Å²) in [5.74, 6) is 1.67. The maximum atomic E-state index is 6.58. The highest BCUT2D eigenvalue weighted by Crippen LogP contribution is 2.43. The van der Waals surface area contributed by atoms with Crippen LogP contribution in [0.3, 0.4) is 0 Å². The van der Waals surface area contributed by atoms with Crippen LogP contribution in [0, 0.1) is 6.92 Å². The largest absolute Gasteiger partial charge is 0.323 e. The van der Waals surface area contributed by atoms with Gasteiger partial charge in [-0.2, -0.15) is 5.10 Å². The number of aromatic nitrogens is 2. The second-order valence-electron chi connectivity index (χ2n) is 7.39. The first kappa shape index (κ1) is 19.6. The molecule has 0 N–H and O–H groups in total. The van der Waals surface area contributed by atoms with Gasteiger partial charge in [-0.1, -0.05) is 49.9 Å². The smallest absolute Gasteiger partial charge is 0.158 e. The number of benzene rings is 1. The van der Waals surface area contributed by atoms with Crippen LogP contribution in [0.5, 0.6) is 0 Å². The van der Waals surface area contributed by atoms with Crippen LogP contribution in [0.15, 0.2) is 12.1 Å². The number of fused-ring (bicyclic) bond motifs is 1. The fourth-order valence-electron chi connectivity index (χ4n) is 4.42. The summed E-state index contributed by atoms with van der Waals surface area (Å²) < 4.78 is 2.12. The normalized spacial score (nSPS) is 14.2. The number of nitrogens with zero attached hydrogens (tertiary/aromatic N) is 3. The first-order valence-electron chi connectivity index (χ1n) is 9.76. The highest BCUT2D eigenvalue weighted by Gasteiger charge is 2.30. The summed E-state index contributed by atoms with van der Waals surface area (Å²) in [6.45, 7) is 7.56. The van der Waals surface area contributed by atoms with Crippen molar-refractivity contribution in [3.63, 3.8) is 0 Å². The van der Waals surface area contributed by atoms with Gasteiger partial charge in [0.25, 0.3) is 0 Å². The number of rotatable bonds is 6. The van der Waals surface area contributed by atoms with Crippen LogP contribution >= 0.6 is 23.2 Å². The Morgan fingerprint density at radius 1 is 1.15 bits per heavy atom. The highest BCUT2D eigenvalue weighted by atomic mass is 35.5. The third kappa shape index (κ3) is 3.61. The lowest BCUT2D eigenvalue weighted by Gasteiger charge is -2.30. The van der Waals surface area contributed by atoms with Crippen LogP contribution in [0.2, 0.25) is 10.0 Å². The van der Waals surface area contributed by atoms with E-state index in [1.165, 1.54) is 36.9 Å². The van der Waals surface area contributed by atoms with Gasteiger partial charge in [0.2, 0.25) is 0 Å². The Balaban J connectivity index is 2.08. The molecule has 2 heterocycles. The Labute approximate surface area is 167 Å². The van der Waals surface area contributed by atoms with E-state index in [1.54, 1.807) is 0 Å². The molecule has 0 saturated carbocycles. The van der Waals surface area contributed by atoms with Gasteiger partial charge in [0.05, 0.1) is 10.7 Å². The molecule has 0 atom stereocenters. The van der Waals surface area contributed by atoms with Gasteiger partial charge in [-0.05, 0) is 50.3 Å². The maximum absolute atomic E-state index is 6.58. The summed E-state index contributed by atoms with van der Waals surface area (Å²) in [5.41, 5.74) is 4.98. The lowest BCUT2D eigenvalue weighted by molar-refractivity contribution is 0.515. The van der Waals surface area contributed by atoms with E-state index in [2.05, 4.69) is 37.4 Å². The SMILES string of the molecule is CCCC(CCC)c1c2c(nn1C)N(c1c(C)cc(Cl)cc1Cl)CCC2. The maximum Gasteiger partial charge on any atom is 0.158 e. The molecule has 3 rings (SSSR count). The topological polar surface area (TPSA) is 21.1 Å². The molecule has 142 valence electrons. The monoisotopic (exact) mass is 393 g/mol. The number of aryl methyl sites for hydroxylation is 2. The van der Waals surface area contributed by atoms with Gasteiger partial charge in [0.15, 0.2) is 5.82 Å². The molecule has 0 fully saturated rings. The van der Waals surface area contributed by atoms with Crippen LogP contribution in [0.25, 0.3) is 0 Å². The molecule has 0 amide bonds. The van der Waals surface area contributed by atoms with Gasteiger partial charge < -0.3 is 4.90 Å². The van der Waals surface area contributed by atoms with Gasteiger partial charge >= 0.3 is 0 Å². The van der Waals surface area contributed by atoms with E-state index in [-0.39, 0.29) is 0 Å². The zero-order valence-electron chi connectivity index (χ0n) is 16.3. The van der Waals surface area contributed by atoms with E-state index in [0.29, 0.717) is 16.0 Å². The molecule has 0 bridgehead atoms. The molecule has 1 aliphatic heterocycles. The van der Waals surface area contributed by atoms with Crippen LogP contribution in [-0.2, 0) is 13.5 Å². The van der Waals surface area contributed by atoms with Gasteiger partial charge in [-0.15, -0.1) is 0 Å². The standard InChI is InChI=1S/C21H29Cl2N3/c1-5-8-15(9-6-2)20-17-10-7-11-26(21(17)24-25(20)4)19-14(3)12-16(22)13-18(19)23/h12-13,15H,5-11H2,1-4H3. The van der Waals surface area contributed by atoms with E-state index >= 15 is 0 Å². The van der Waals surface area contributed by atoms with E-state index in [0.717, 1.165) is 36.5 Å². The number of anilines is 2. The number of halogens is 2. The van der Waals surface area contributed by atoms with E-state index in [4.69, 9.17) is 28.3 Å². The second-order valence-corrected chi connectivity index (χ2v) is 8.24. The van der Waals surface area contributed by atoms with Gasteiger partial charge in [0, 0.05) is 35.8 Å². The van der Waals surface area contributed by atoms with E-state index in [9.17, 15) is 0 Å². The van der Waals surface area contributed by atoms with Crippen molar-refractivity contribution in [2.45, 2.75) is 65.2 Å². The molecule has 1 aromatic heterocycles. The molecular weight excluding hydrogens is 365 g/mol. The molecule has 0 saturated heterocycles. The minimum absolute atomic E-state index is 0.591.